The summed E-state index contributed by atoms with van der Waals surface area (Å²) in [5.74, 6) is 0.869. The van der Waals surface area contributed by atoms with Crippen LogP contribution in [0.25, 0.3) is 0 Å². The van der Waals surface area contributed by atoms with Gasteiger partial charge in [0.25, 0.3) is 0 Å². The third kappa shape index (κ3) is 6.26. The van der Waals surface area contributed by atoms with Crippen LogP contribution in [0.5, 0.6) is 5.75 Å². The van der Waals surface area contributed by atoms with Crippen LogP contribution in [-0.2, 0) is 9.47 Å². The van der Waals surface area contributed by atoms with E-state index in [2.05, 4.69) is 5.32 Å². The van der Waals surface area contributed by atoms with Gasteiger partial charge in [-0.2, -0.15) is 0 Å². The number of hydrogen-bond acceptors (Lipinski definition) is 4. The molecule has 0 amide bonds. The predicted octanol–water partition coefficient (Wildman–Crippen LogP) is 1.32. The highest BCUT2D eigenvalue weighted by Gasteiger charge is 2.06. The standard InChI is InChI=1S/C13H21NO3/c1-14-10-13(11-15-2)17-9-8-16-12-6-4-3-5-7-12/h3-7,13-14H,8-11H2,1-2H3. The van der Waals surface area contributed by atoms with Gasteiger partial charge in [0, 0.05) is 13.7 Å². The van der Waals surface area contributed by atoms with Crippen molar-refractivity contribution in [2.75, 3.05) is 40.5 Å². The van der Waals surface area contributed by atoms with E-state index in [4.69, 9.17) is 14.2 Å². The van der Waals surface area contributed by atoms with Gasteiger partial charge in [0.15, 0.2) is 0 Å². The summed E-state index contributed by atoms with van der Waals surface area (Å²) in [5.41, 5.74) is 0. The molecule has 0 spiro atoms. The second-order valence-corrected chi connectivity index (χ2v) is 3.67. The molecule has 0 saturated heterocycles. The van der Waals surface area contributed by atoms with Gasteiger partial charge < -0.3 is 19.5 Å². The SMILES string of the molecule is CNCC(COC)OCCOc1ccccc1. The highest BCUT2D eigenvalue weighted by Crippen LogP contribution is 2.07. The molecule has 0 aliphatic rings. The van der Waals surface area contributed by atoms with E-state index in [-0.39, 0.29) is 6.10 Å². The molecule has 1 aromatic rings. The molecule has 0 heterocycles. The Hall–Kier alpha value is -1.10. The zero-order chi connectivity index (χ0) is 12.3. The normalized spacial score (nSPS) is 12.4. The summed E-state index contributed by atoms with van der Waals surface area (Å²) in [5, 5.41) is 3.07. The van der Waals surface area contributed by atoms with Gasteiger partial charge in [-0.1, -0.05) is 18.2 Å². The number of hydrogen-bond donors (Lipinski definition) is 1. The van der Waals surface area contributed by atoms with Gasteiger partial charge in [-0.3, -0.25) is 0 Å². The van der Waals surface area contributed by atoms with Crippen molar-refractivity contribution in [3.05, 3.63) is 30.3 Å². The smallest absolute Gasteiger partial charge is 0.119 e. The van der Waals surface area contributed by atoms with Gasteiger partial charge in [-0.05, 0) is 19.2 Å². The van der Waals surface area contributed by atoms with Crippen molar-refractivity contribution in [3.63, 3.8) is 0 Å². The monoisotopic (exact) mass is 239 g/mol. The first-order valence-electron chi connectivity index (χ1n) is 5.79. The average Bonchev–Trinajstić information content (AvgIpc) is 2.36. The average molecular weight is 239 g/mol. The Bertz CT molecular complexity index is 273. The summed E-state index contributed by atoms with van der Waals surface area (Å²) in [6, 6.07) is 9.72. The molecule has 1 unspecified atom stereocenters. The molecular formula is C13H21NO3. The van der Waals surface area contributed by atoms with Gasteiger partial charge in [0.2, 0.25) is 0 Å². The molecule has 0 saturated carbocycles. The molecule has 4 heteroatoms. The van der Waals surface area contributed by atoms with Gasteiger partial charge in [0.1, 0.15) is 12.4 Å². The number of para-hydroxylation sites is 1. The van der Waals surface area contributed by atoms with Crippen molar-refractivity contribution in [3.8, 4) is 5.75 Å². The lowest BCUT2D eigenvalue weighted by atomic mass is 10.3. The molecule has 0 fully saturated rings. The van der Waals surface area contributed by atoms with E-state index in [9.17, 15) is 0 Å². The zero-order valence-corrected chi connectivity index (χ0v) is 10.5. The van der Waals surface area contributed by atoms with Crippen LogP contribution in [0.1, 0.15) is 0 Å². The fourth-order valence-electron chi connectivity index (χ4n) is 1.47. The Morgan fingerprint density at radius 2 is 1.94 bits per heavy atom. The van der Waals surface area contributed by atoms with Crippen molar-refractivity contribution in [2.24, 2.45) is 0 Å². The van der Waals surface area contributed by atoms with Crippen LogP contribution in [0.15, 0.2) is 30.3 Å². The highest BCUT2D eigenvalue weighted by molar-refractivity contribution is 5.20. The zero-order valence-electron chi connectivity index (χ0n) is 10.5. The van der Waals surface area contributed by atoms with E-state index in [0.29, 0.717) is 19.8 Å². The van der Waals surface area contributed by atoms with E-state index in [1.165, 1.54) is 0 Å². The maximum absolute atomic E-state index is 5.63. The molecule has 0 aromatic heterocycles. The van der Waals surface area contributed by atoms with Crippen molar-refractivity contribution < 1.29 is 14.2 Å². The van der Waals surface area contributed by atoms with Crippen LogP contribution in [-0.4, -0.2) is 46.6 Å². The maximum atomic E-state index is 5.63. The first-order valence-corrected chi connectivity index (χ1v) is 5.79. The number of rotatable bonds is 9. The van der Waals surface area contributed by atoms with Gasteiger partial charge in [0.05, 0.1) is 19.3 Å². The molecule has 4 nitrogen and oxygen atoms in total. The summed E-state index contributed by atoms with van der Waals surface area (Å²) < 4.78 is 16.2. The van der Waals surface area contributed by atoms with Crippen molar-refractivity contribution in [1.29, 1.82) is 0 Å². The highest BCUT2D eigenvalue weighted by atomic mass is 16.5. The Morgan fingerprint density at radius 1 is 1.18 bits per heavy atom. The summed E-state index contributed by atoms with van der Waals surface area (Å²) >= 11 is 0. The molecule has 1 rings (SSSR count). The van der Waals surface area contributed by atoms with E-state index < -0.39 is 0 Å². The lowest BCUT2D eigenvalue weighted by Crippen LogP contribution is -2.31. The molecule has 96 valence electrons. The van der Waals surface area contributed by atoms with E-state index >= 15 is 0 Å². The van der Waals surface area contributed by atoms with Gasteiger partial charge in [-0.25, -0.2) is 0 Å². The second kappa shape index (κ2) is 8.98. The van der Waals surface area contributed by atoms with E-state index in [0.717, 1.165) is 12.3 Å². The van der Waals surface area contributed by atoms with Gasteiger partial charge >= 0.3 is 0 Å². The summed E-state index contributed by atoms with van der Waals surface area (Å²) in [6.45, 7) is 2.48. The van der Waals surface area contributed by atoms with Crippen LogP contribution in [0.3, 0.4) is 0 Å². The van der Waals surface area contributed by atoms with Crippen LogP contribution in [0, 0.1) is 0 Å². The molecule has 1 N–H and O–H groups in total. The van der Waals surface area contributed by atoms with Crippen LogP contribution in [0.2, 0.25) is 0 Å². The molecule has 17 heavy (non-hydrogen) atoms. The second-order valence-electron chi connectivity index (χ2n) is 3.67. The summed E-state index contributed by atoms with van der Waals surface area (Å²) in [4.78, 5) is 0. The molecule has 0 aliphatic carbocycles. The summed E-state index contributed by atoms with van der Waals surface area (Å²) in [6.07, 6.45) is 0.0735. The molecule has 1 atom stereocenters. The Balaban J connectivity index is 2.13. The van der Waals surface area contributed by atoms with E-state index in [1.807, 2.05) is 37.4 Å². The number of benzene rings is 1. The van der Waals surface area contributed by atoms with Crippen LogP contribution < -0.4 is 10.1 Å². The fourth-order valence-corrected chi connectivity index (χ4v) is 1.47. The number of ether oxygens (including phenoxy) is 3. The Labute approximate surface area is 103 Å². The first kappa shape index (κ1) is 14.0. The third-order valence-corrected chi connectivity index (χ3v) is 2.23. The molecule has 1 aromatic carbocycles. The molecule has 0 radical (unpaired) electrons. The maximum Gasteiger partial charge on any atom is 0.119 e. The van der Waals surface area contributed by atoms with E-state index in [1.54, 1.807) is 7.11 Å². The van der Waals surface area contributed by atoms with Crippen molar-refractivity contribution in [1.82, 2.24) is 5.32 Å². The van der Waals surface area contributed by atoms with Crippen molar-refractivity contribution in [2.45, 2.75) is 6.10 Å². The lowest BCUT2D eigenvalue weighted by Gasteiger charge is -2.16. The molecular weight excluding hydrogens is 218 g/mol. The number of likely N-dealkylation sites (N-methyl/N-ethyl adjacent to an activating group) is 1. The quantitative estimate of drug-likeness (QED) is 0.660. The Kier molecular flexibility index (Phi) is 7.38. The lowest BCUT2D eigenvalue weighted by molar-refractivity contribution is -0.0106. The molecule has 0 aliphatic heterocycles. The van der Waals surface area contributed by atoms with Crippen LogP contribution >= 0.6 is 0 Å². The number of methoxy groups -OCH3 is 1. The Morgan fingerprint density at radius 3 is 2.59 bits per heavy atom. The minimum Gasteiger partial charge on any atom is -0.491 e. The van der Waals surface area contributed by atoms with Gasteiger partial charge in [-0.15, -0.1) is 0 Å². The summed E-state index contributed by atoms with van der Waals surface area (Å²) in [7, 11) is 3.57. The van der Waals surface area contributed by atoms with Crippen molar-refractivity contribution >= 4 is 0 Å². The predicted molar refractivity (Wildman–Crippen MR) is 67.5 cm³/mol. The molecule has 0 bridgehead atoms. The fraction of sp³-hybridized carbons (Fsp3) is 0.538. The largest absolute Gasteiger partial charge is 0.491 e. The minimum atomic E-state index is 0.0735. The minimum absolute atomic E-state index is 0.0735. The van der Waals surface area contributed by atoms with Crippen LogP contribution in [0.4, 0.5) is 0 Å². The number of nitrogens with one attached hydrogen (secondary N) is 1. The first-order chi connectivity index (χ1) is 8.36. The topological polar surface area (TPSA) is 39.7 Å². The third-order valence-electron chi connectivity index (χ3n) is 2.23.